The van der Waals surface area contributed by atoms with E-state index >= 15 is 0 Å². The molecule has 0 saturated carbocycles. The molecule has 2 aromatic carbocycles. The molecule has 2 heterocycles. The normalized spacial score (nSPS) is 11.6. The molecule has 2 aromatic heterocycles. The van der Waals surface area contributed by atoms with E-state index in [9.17, 15) is 9.59 Å². The quantitative estimate of drug-likeness (QED) is 0.414. The summed E-state index contributed by atoms with van der Waals surface area (Å²) in [6.07, 6.45) is 0. The van der Waals surface area contributed by atoms with E-state index in [0.29, 0.717) is 5.69 Å². The summed E-state index contributed by atoms with van der Waals surface area (Å²) >= 11 is 1.50. The van der Waals surface area contributed by atoms with E-state index < -0.39 is 6.04 Å². The molecule has 174 valence electrons. The third-order valence-electron chi connectivity index (χ3n) is 5.29. The summed E-state index contributed by atoms with van der Waals surface area (Å²) < 4.78 is 11.6. The minimum atomic E-state index is -0.787. The van der Waals surface area contributed by atoms with Crippen LogP contribution >= 0.6 is 11.3 Å². The predicted molar refractivity (Wildman–Crippen MR) is 131 cm³/mol. The summed E-state index contributed by atoms with van der Waals surface area (Å²) in [5.41, 5.74) is 2.77. The molecule has 1 atom stereocenters. The highest BCUT2D eigenvalue weighted by atomic mass is 32.1. The first-order chi connectivity index (χ1) is 16.5. The second-order valence-electron chi connectivity index (χ2n) is 7.50. The fraction of sp³-hybridized carbons (Fsp3) is 0.200. The van der Waals surface area contributed by atoms with Crippen molar-refractivity contribution in [1.82, 2.24) is 20.1 Å². The predicted octanol–water partition coefficient (Wildman–Crippen LogP) is 3.93. The van der Waals surface area contributed by atoms with E-state index in [1.807, 2.05) is 53.9 Å². The number of ether oxygens (including phenoxy) is 2. The highest BCUT2D eigenvalue weighted by Gasteiger charge is 2.18. The molecule has 0 aliphatic carbocycles. The van der Waals surface area contributed by atoms with Crippen molar-refractivity contribution in [3.05, 3.63) is 82.1 Å². The summed E-state index contributed by atoms with van der Waals surface area (Å²) in [4.78, 5) is 29.8. The van der Waals surface area contributed by atoms with Crippen molar-refractivity contribution in [2.45, 2.75) is 19.5 Å². The fourth-order valence-electron chi connectivity index (χ4n) is 3.31. The number of carbonyl (C=O) groups excluding carboxylic acids is 1. The third kappa shape index (κ3) is 5.15. The Kier molecular flexibility index (Phi) is 7.03. The SMILES string of the molecule is COc1ccc(-c2ccc(=O)n(C(C)C(=O)NCc3csc(-c4ccc(OC)cc4)n3)n2)cc1. The molecule has 34 heavy (non-hydrogen) atoms. The van der Waals surface area contributed by atoms with Gasteiger partial charge >= 0.3 is 0 Å². The Morgan fingerprint density at radius 1 is 0.971 bits per heavy atom. The van der Waals surface area contributed by atoms with E-state index in [0.717, 1.165) is 33.3 Å². The standard InChI is InChI=1S/C25H24N4O4S/c1-16(29-23(30)13-12-22(28-29)17-4-8-20(32-2)9-5-17)24(31)26-14-19-15-34-25(27-19)18-6-10-21(33-3)11-7-18/h4-13,15-16H,14H2,1-3H3,(H,26,31). The summed E-state index contributed by atoms with van der Waals surface area (Å²) in [5.74, 6) is 1.18. The zero-order valence-corrected chi connectivity index (χ0v) is 19.8. The molecule has 0 spiro atoms. The first-order valence-corrected chi connectivity index (χ1v) is 11.5. The zero-order valence-electron chi connectivity index (χ0n) is 19.0. The minimum Gasteiger partial charge on any atom is -0.497 e. The van der Waals surface area contributed by atoms with Gasteiger partial charge in [-0.05, 0) is 61.5 Å². The first kappa shape index (κ1) is 23.2. The molecule has 1 N–H and O–H groups in total. The topological polar surface area (TPSA) is 95.3 Å². The van der Waals surface area contributed by atoms with Crippen molar-refractivity contribution in [2.24, 2.45) is 0 Å². The smallest absolute Gasteiger partial charge is 0.267 e. The minimum absolute atomic E-state index is 0.253. The Morgan fingerprint density at radius 2 is 1.59 bits per heavy atom. The number of nitrogens with one attached hydrogen (secondary N) is 1. The van der Waals surface area contributed by atoms with Crippen molar-refractivity contribution >= 4 is 17.2 Å². The van der Waals surface area contributed by atoms with Gasteiger partial charge in [-0.2, -0.15) is 5.10 Å². The van der Waals surface area contributed by atoms with Gasteiger partial charge < -0.3 is 14.8 Å². The van der Waals surface area contributed by atoms with Gasteiger partial charge in [-0.1, -0.05) is 0 Å². The Morgan fingerprint density at radius 3 is 2.21 bits per heavy atom. The summed E-state index contributed by atoms with van der Waals surface area (Å²) in [7, 11) is 3.22. The number of carbonyl (C=O) groups is 1. The molecule has 0 radical (unpaired) electrons. The Balaban J connectivity index is 1.43. The van der Waals surface area contributed by atoms with E-state index in [1.54, 1.807) is 27.2 Å². The number of amides is 1. The van der Waals surface area contributed by atoms with Crippen LogP contribution in [0.4, 0.5) is 0 Å². The van der Waals surface area contributed by atoms with Gasteiger partial charge in [-0.15, -0.1) is 11.3 Å². The van der Waals surface area contributed by atoms with Crippen molar-refractivity contribution in [3.8, 4) is 33.3 Å². The van der Waals surface area contributed by atoms with Gasteiger partial charge in [0.1, 0.15) is 22.5 Å². The molecule has 0 aliphatic rings. The maximum atomic E-state index is 12.8. The van der Waals surface area contributed by atoms with Crippen LogP contribution in [0.5, 0.6) is 11.5 Å². The van der Waals surface area contributed by atoms with E-state index in [-0.39, 0.29) is 18.0 Å². The van der Waals surface area contributed by atoms with Crippen molar-refractivity contribution in [2.75, 3.05) is 14.2 Å². The molecular weight excluding hydrogens is 452 g/mol. The van der Waals surface area contributed by atoms with Crippen LogP contribution in [0.15, 0.2) is 70.8 Å². The van der Waals surface area contributed by atoms with Crippen LogP contribution < -0.4 is 20.3 Å². The van der Waals surface area contributed by atoms with Crippen LogP contribution in [-0.4, -0.2) is 34.9 Å². The van der Waals surface area contributed by atoms with Gasteiger partial charge in [0, 0.05) is 22.6 Å². The molecule has 0 bridgehead atoms. The van der Waals surface area contributed by atoms with Gasteiger partial charge in [0.2, 0.25) is 5.91 Å². The van der Waals surface area contributed by atoms with Crippen LogP contribution in [0.1, 0.15) is 18.7 Å². The molecule has 0 saturated heterocycles. The first-order valence-electron chi connectivity index (χ1n) is 10.6. The Hall–Kier alpha value is -3.98. The molecule has 1 unspecified atom stereocenters. The lowest BCUT2D eigenvalue weighted by molar-refractivity contribution is -0.124. The van der Waals surface area contributed by atoms with Gasteiger partial charge in [0.25, 0.3) is 5.56 Å². The number of rotatable bonds is 8. The highest BCUT2D eigenvalue weighted by Crippen LogP contribution is 2.26. The number of aromatic nitrogens is 3. The second kappa shape index (κ2) is 10.3. The molecule has 1 amide bonds. The maximum Gasteiger partial charge on any atom is 0.267 e. The summed E-state index contributed by atoms with van der Waals surface area (Å²) in [5, 5.41) is 10.0. The van der Waals surface area contributed by atoms with E-state index in [1.165, 1.54) is 22.1 Å². The lowest BCUT2D eigenvalue weighted by atomic mass is 10.1. The maximum absolute atomic E-state index is 12.8. The molecule has 0 aliphatic heterocycles. The molecular formula is C25H24N4O4S. The van der Waals surface area contributed by atoms with Crippen LogP contribution in [0.25, 0.3) is 21.8 Å². The molecule has 4 rings (SSSR count). The molecule has 9 heteroatoms. The van der Waals surface area contributed by atoms with Crippen molar-refractivity contribution in [3.63, 3.8) is 0 Å². The third-order valence-corrected chi connectivity index (χ3v) is 6.23. The van der Waals surface area contributed by atoms with Gasteiger partial charge in [-0.3, -0.25) is 9.59 Å². The number of nitrogens with zero attached hydrogens (tertiary/aromatic N) is 3. The van der Waals surface area contributed by atoms with Gasteiger partial charge in [0.15, 0.2) is 0 Å². The van der Waals surface area contributed by atoms with Crippen LogP contribution in [-0.2, 0) is 11.3 Å². The monoisotopic (exact) mass is 476 g/mol. The number of thiazole rings is 1. The molecule has 0 fully saturated rings. The fourth-order valence-corrected chi connectivity index (χ4v) is 4.14. The molecule has 8 nitrogen and oxygen atoms in total. The van der Waals surface area contributed by atoms with Gasteiger partial charge in [-0.25, -0.2) is 9.67 Å². The number of hydrogen-bond donors (Lipinski definition) is 1. The highest BCUT2D eigenvalue weighted by molar-refractivity contribution is 7.13. The van der Waals surface area contributed by atoms with Gasteiger partial charge in [0.05, 0.1) is 32.2 Å². The Bertz CT molecular complexity index is 1330. The lowest BCUT2D eigenvalue weighted by Crippen LogP contribution is -2.36. The number of benzene rings is 2. The average molecular weight is 477 g/mol. The van der Waals surface area contributed by atoms with E-state index in [4.69, 9.17) is 9.47 Å². The summed E-state index contributed by atoms with van der Waals surface area (Å²) in [6.45, 7) is 1.90. The van der Waals surface area contributed by atoms with Crippen LogP contribution in [0.2, 0.25) is 0 Å². The van der Waals surface area contributed by atoms with Crippen molar-refractivity contribution in [1.29, 1.82) is 0 Å². The second-order valence-corrected chi connectivity index (χ2v) is 8.35. The number of hydrogen-bond acceptors (Lipinski definition) is 7. The van der Waals surface area contributed by atoms with Crippen LogP contribution in [0.3, 0.4) is 0 Å². The largest absolute Gasteiger partial charge is 0.497 e. The van der Waals surface area contributed by atoms with Crippen molar-refractivity contribution < 1.29 is 14.3 Å². The Labute approximate surface area is 200 Å². The zero-order chi connectivity index (χ0) is 24.1. The molecule has 4 aromatic rings. The number of methoxy groups -OCH3 is 2. The van der Waals surface area contributed by atoms with Crippen LogP contribution in [0, 0.1) is 0 Å². The van der Waals surface area contributed by atoms with E-state index in [2.05, 4.69) is 15.4 Å². The lowest BCUT2D eigenvalue weighted by Gasteiger charge is -2.14. The summed E-state index contributed by atoms with van der Waals surface area (Å²) in [6, 6.07) is 17.2. The average Bonchev–Trinajstić information content (AvgIpc) is 3.36.